The third kappa shape index (κ3) is 4.97. The first-order chi connectivity index (χ1) is 16.5. The highest BCUT2D eigenvalue weighted by atomic mass is 19.1. The van der Waals surface area contributed by atoms with Crippen LogP contribution in [0.2, 0.25) is 0 Å². The molecule has 0 aliphatic carbocycles. The number of hydrogen-bond donors (Lipinski definition) is 2. The van der Waals surface area contributed by atoms with Gasteiger partial charge >= 0.3 is 0 Å². The molecule has 0 fully saturated rings. The molecule has 4 aromatic rings. The van der Waals surface area contributed by atoms with Crippen LogP contribution >= 0.6 is 0 Å². The maximum Gasteiger partial charge on any atom is 0.251 e. The number of fused-ring (bicyclic) bond motifs is 1. The number of rotatable bonds is 9. The molecule has 3 aromatic carbocycles. The second kappa shape index (κ2) is 10.5. The summed E-state index contributed by atoms with van der Waals surface area (Å²) in [7, 11) is 1.42. The van der Waals surface area contributed by atoms with Crippen LogP contribution in [0.25, 0.3) is 22.0 Å². The highest BCUT2D eigenvalue weighted by Crippen LogP contribution is 2.26. The molecular weight excluding hydrogens is 431 g/mol. The summed E-state index contributed by atoms with van der Waals surface area (Å²) in [4.78, 5) is 13.0. The quantitative estimate of drug-likeness (QED) is 0.361. The summed E-state index contributed by atoms with van der Waals surface area (Å²) in [5.74, 6) is -0.576. The van der Waals surface area contributed by atoms with Crippen LogP contribution in [0.15, 0.2) is 72.9 Å². The van der Waals surface area contributed by atoms with E-state index in [1.54, 1.807) is 30.3 Å². The van der Waals surface area contributed by atoms with Gasteiger partial charge in [0.15, 0.2) is 11.6 Å². The van der Waals surface area contributed by atoms with Gasteiger partial charge < -0.3 is 19.7 Å². The number of nitrogens with zero attached hydrogens (tertiary/aromatic N) is 1. The van der Waals surface area contributed by atoms with E-state index in [9.17, 15) is 14.3 Å². The van der Waals surface area contributed by atoms with Gasteiger partial charge in [-0.25, -0.2) is 4.39 Å². The first-order valence-electron chi connectivity index (χ1n) is 11.5. The van der Waals surface area contributed by atoms with Crippen LogP contribution in [0, 0.1) is 5.82 Å². The Morgan fingerprint density at radius 1 is 1.09 bits per heavy atom. The predicted octanol–water partition coefficient (Wildman–Crippen LogP) is 5.20. The molecule has 1 amide bonds. The molecule has 0 aliphatic rings. The van der Waals surface area contributed by atoms with Gasteiger partial charge in [-0.2, -0.15) is 0 Å². The molecule has 6 heteroatoms. The standard InChI is InChI=1S/C28H29FN2O3/c1-3-13-31-17-22(24-9-4-5-10-26(24)31)15-23(18-32)30-28(33)21-8-6-7-19(14-21)20-11-12-27(34-2)25(29)16-20/h4-12,14,16-17,23,32H,3,13,15,18H2,1-2H3,(H,30,33)/t23-/m1/s1. The Balaban J connectivity index is 1.53. The average Bonchev–Trinajstić information content (AvgIpc) is 3.21. The van der Waals surface area contributed by atoms with E-state index in [1.807, 2.05) is 18.2 Å². The minimum atomic E-state index is -0.461. The molecule has 34 heavy (non-hydrogen) atoms. The van der Waals surface area contributed by atoms with Crippen molar-refractivity contribution in [2.75, 3.05) is 13.7 Å². The Labute approximate surface area is 198 Å². The largest absolute Gasteiger partial charge is 0.494 e. The van der Waals surface area contributed by atoms with Crippen molar-refractivity contribution >= 4 is 16.8 Å². The summed E-state index contributed by atoms with van der Waals surface area (Å²) in [5, 5.41) is 14.1. The number of nitrogens with one attached hydrogen (secondary N) is 1. The fourth-order valence-electron chi connectivity index (χ4n) is 4.29. The van der Waals surface area contributed by atoms with Crippen molar-refractivity contribution in [3.8, 4) is 16.9 Å². The Bertz CT molecular complexity index is 1300. The van der Waals surface area contributed by atoms with E-state index in [1.165, 1.54) is 13.2 Å². The minimum absolute atomic E-state index is 0.170. The number of benzene rings is 3. The fourth-order valence-corrected chi connectivity index (χ4v) is 4.29. The van der Waals surface area contributed by atoms with Crippen molar-refractivity contribution in [2.45, 2.75) is 32.4 Å². The predicted molar refractivity (Wildman–Crippen MR) is 133 cm³/mol. The van der Waals surface area contributed by atoms with Crippen LogP contribution in [-0.2, 0) is 13.0 Å². The molecule has 0 saturated carbocycles. The molecule has 1 atom stereocenters. The van der Waals surface area contributed by atoms with Gasteiger partial charge in [0.05, 0.1) is 19.8 Å². The lowest BCUT2D eigenvalue weighted by Gasteiger charge is -2.16. The van der Waals surface area contributed by atoms with E-state index < -0.39 is 11.9 Å². The number of hydrogen-bond acceptors (Lipinski definition) is 3. The fraction of sp³-hybridized carbons (Fsp3) is 0.250. The molecule has 0 saturated heterocycles. The van der Waals surface area contributed by atoms with Crippen molar-refractivity contribution in [1.29, 1.82) is 0 Å². The molecule has 0 unspecified atom stereocenters. The smallest absolute Gasteiger partial charge is 0.251 e. The Kier molecular flexibility index (Phi) is 7.28. The van der Waals surface area contributed by atoms with Crippen molar-refractivity contribution in [1.82, 2.24) is 9.88 Å². The molecule has 0 bridgehead atoms. The first kappa shape index (κ1) is 23.5. The molecular formula is C28H29FN2O3. The maximum absolute atomic E-state index is 14.1. The van der Waals surface area contributed by atoms with E-state index in [0.29, 0.717) is 17.5 Å². The molecule has 1 aromatic heterocycles. The lowest BCUT2D eigenvalue weighted by Crippen LogP contribution is -2.39. The molecule has 176 valence electrons. The lowest BCUT2D eigenvalue weighted by molar-refractivity contribution is 0.0916. The molecule has 0 spiro atoms. The number of halogens is 1. The summed E-state index contributed by atoms with van der Waals surface area (Å²) >= 11 is 0. The number of aliphatic hydroxyl groups is 1. The van der Waals surface area contributed by atoms with Crippen LogP contribution in [0.4, 0.5) is 4.39 Å². The number of aromatic nitrogens is 1. The Morgan fingerprint density at radius 2 is 1.88 bits per heavy atom. The van der Waals surface area contributed by atoms with Crippen molar-refractivity contribution in [2.24, 2.45) is 0 Å². The third-order valence-corrected chi connectivity index (χ3v) is 5.97. The molecule has 2 N–H and O–H groups in total. The normalized spacial score (nSPS) is 12.0. The van der Waals surface area contributed by atoms with Crippen molar-refractivity contribution in [3.63, 3.8) is 0 Å². The second-order valence-electron chi connectivity index (χ2n) is 8.35. The Morgan fingerprint density at radius 3 is 2.62 bits per heavy atom. The van der Waals surface area contributed by atoms with Gasteiger partial charge in [-0.15, -0.1) is 0 Å². The number of aryl methyl sites for hydroxylation is 1. The number of ether oxygens (including phenoxy) is 1. The van der Waals surface area contributed by atoms with Crippen LogP contribution < -0.4 is 10.1 Å². The minimum Gasteiger partial charge on any atom is -0.494 e. The van der Waals surface area contributed by atoms with E-state index in [-0.39, 0.29) is 18.3 Å². The maximum atomic E-state index is 14.1. The Hall–Kier alpha value is -3.64. The average molecular weight is 461 g/mol. The highest BCUT2D eigenvalue weighted by Gasteiger charge is 2.17. The van der Waals surface area contributed by atoms with E-state index in [4.69, 9.17) is 4.74 Å². The summed E-state index contributed by atoms with van der Waals surface area (Å²) < 4.78 is 21.3. The molecule has 0 aliphatic heterocycles. The van der Waals surface area contributed by atoms with E-state index in [0.717, 1.165) is 35.0 Å². The molecule has 0 radical (unpaired) electrons. The molecule has 5 nitrogen and oxygen atoms in total. The number of para-hydroxylation sites is 1. The highest BCUT2D eigenvalue weighted by molar-refractivity contribution is 5.95. The van der Waals surface area contributed by atoms with Gasteiger partial charge in [0.25, 0.3) is 5.91 Å². The molecule has 4 rings (SSSR count). The van der Waals surface area contributed by atoms with Crippen LogP contribution in [-0.4, -0.2) is 35.3 Å². The number of carbonyl (C=O) groups excluding carboxylic acids is 1. The van der Waals surface area contributed by atoms with Crippen LogP contribution in [0.5, 0.6) is 5.75 Å². The summed E-state index contributed by atoms with van der Waals surface area (Å²) in [5.41, 5.74) is 4.06. The van der Waals surface area contributed by atoms with Crippen molar-refractivity contribution in [3.05, 3.63) is 89.9 Å². The van der Waals surface area contributed by atoms with E-state index >= 15 is 0 Å². The second-order valence-corrected chi connectivity index (χ2v) is 8.35. The number of methoxy groups -OCH3 is 1. The van der Waals surface area contributed by atoms with Gasteiger partial charge in [-0.3, -0.25) is 4.79 Å². The zero-order valence-corrected chi connectivity index (χ0v) is 19.4. The van der Waals surface area contributed by atoms with Crippen LogP contribution in [0.1, 0.15) is 29.3 Å². The van der Waals surface area contributed by atoms with Crippen LogP contribution in [0.3, 0.4) is 0 Å². The van der Waals surface area contributed by atoms with Crippen molar-refractivity contribution < 1.29 is 19.0 Å². The summed E-state index contributed by atoms with van der Waals surface area (Å²) in [6, 6.07) is 19.5. The van der Waals surface area contributed by atoms with Gasteiger partial charge in [-0.1, -0.05) is 43.3 Å². The summed E-state index contributed by atoms with van der Waals surface area (Å²) in [6.45, 7) is 2.87. The number of aliphatic hydroxyl groups excluding tert-OH is 1. The molecule has 1 heterocycles. The van der Waals surface area contributed by atoms with Gasteiger partial charge in [-0.05, 0) is 59.9 Å². The lowest BCUT2D eigenvalue weighted by atomic mass is 10.0. The van der Waals surface area contributed by atoms with Gasteiger partial charge in [0.2, 0.25) is 0 Å². The zero-order chi connectivity index (χ0) is 24.1. The zero-order valence-electron chi connectivity index (χ0n) is 19.4. The number of amides is 1. The van der Waals surface area contributed by atoms with Gasteiger partial charge in [0, 0.05) is 29.2 Å². The first-order valence-corrected chi connectivity index (χ1v) is 11.5. The summed E-state index contributed by atoms with van der Waals surface area (Å²) in [6.07, 6.45) is 3.65. The monoisotopic (exact) mass is 460 g/mol. The van der Waals surface area contributed by atoms with Gasteiger partial charge in [0.1, 0.15) is 0 Å². The van der Waals surface area contributed by atoms with E-state index in [2.05, 4.69) is 35.1 Å². The topological polar surface area (TPSA) is 63.5 Å². The SMILES string of the molecule is CCCn1cc(C[C@H](CO)NC(=O)c2cccc(-c3ccc(OC)c(F)c3)c2)c2ccccc21. The third-order valence-electron chi connectivity index (χ3n) is 5.97. The number of carbonyl (C=O) groups is 1.